The van der Waals surface area contributed by atoms with Gasteiger partial charge in [0, 0.05) is 13.1 Å². The molecule has 3 nitrogen and oxygen atoms in total. The van der Waals surface area contributed by atoms with Gasteiger partial charge in [0.2, 0.25) is 5.91 Å². The van der Waals surface area contributed by atoms with E-state index in [1.54, 1.807) is 7.05 Å². The fraction of sp³-hybridized carbons (Fsp3) is 0.857. The van der Waals surface area contributed by atoms with E-state index in [0.717, 1.165) is 0 Å². The monoisotopic (exact) mass is 142 g/mol. The largest absolute Gasteiger partial charge is 0.342 e. The minimum Gasteiger partial charge on any atom is -0.342 e. The number of hydrogen-bond acceptors (Lipinski definition) is 2. The molecule has 0 aromatic heterocycles. The van der Waals surface area contributed by atoms with E-state index >= 15 is 0 Å². The molecule has 1 N–H and O–H groups in total. The zero-order valence-electron chi connectivity index (χ0n) is 6.55. The van der Waals surface area contributed by atoms with Gasteiger partial charge in [-0.25, -0.2) is 0 Å². The molecule has 1 rings (SSSR count). The Morgan fingerprint density at radius 2 is 2.30 bits per heavy atom. The fourth-order valence-electron chi connectivity index (χ4n) is 0.941. The quantitative estimate of drug-likeness (QED) is 0.593. The Kier molecular flexibility index (Phi) is 2.27. The summed E-state index contributed by atoms with van der Waals surface area (Å²) in [5.74, 6) is 0.199. The minimum atomic E-state index is 0.199. The second kappa shape index (κ2) is 3.01. The molecular formula is C7H14N2O. The van der Waals surface area contributed by atoms with Crippen molar-refractivity contribution in [1.82, 2.24) is 10.2 Å². The van der Waals surface area contributed by atoms with Crippen molar-refractivity contribution in [3.63, 3.8) is 0 Å². The van der Waals surface area contributed by atoms with Gasteiger partial charge < -0.3 is 10.2 Å². The van der Waals surface area contributed by atoms with E-state index in [-0.39, 0.29) is 5.91 Å². The Labute approximate surface area is 61.4 Å². The third kappa shape index (κ3) is 1.70. The molecule has 1 aliphatic carbocycles. The number of nitrogens with zero attached hydrogens (tertiary/aromatic N) is 1. The average molecular weight is 142 g/mol. The van der Waals surface area contributed by atoms with Crippen LogP contribution in [0.4, 0.5) is 0 Å². The Hall–Kier alpha value is -0.570. The van der Waals surface area contributed by atoms with Crippen LogP contribution in [0.3, 0.4) is 0 Å². The van der Waals surface area contributed by atoms with Crippen LogP contribution in [0.25, 0.3) is 0 Å². The molecule has 0 saturated heterocycles. The third-order valence-electron chi connectivity index (χ3n) is 1.82. The van der Waals surface area contributed by atoms with Crippen LogP contribution in [0.15, 0.2) is 0 Å². The summed E-state index contributed by atoms with van der Waals surface area (Å²) < 4.78 is 0. The molecule has 0 radical (unpaired) electrons. The fourth-order valence-corrected chi connectivity index (χ4v) is 0.941. The molecule has 0 atom stereocenters. The molecule has 3 heteroatoms. The lowest BCUT2D eigenvalue weighted by Gasteiger charge is -2.15. The Morgan fingerprint density at radius 3 is 2.70 bits per heavy atom. The molecule has 0 aliphatic heterocycles. The number of nitrogens with one attached hydrogen (secondary N) is 1. The van der Waals surface area contributed by atoms with E-state index in [2.05, 4.69) is 5.32 Å². The van der Waals surface area contributed by atoms with Gasteiger partial charge in [-0.1, -0.05) is 0 Å². The second-order valence-electron chi connectivity index (χ2n) is 2.77. The van der Waals surface area contributed by atoms with Crippen LogP contribution in [0.2, 0.25) is 0 Å². The summed E-state index contributed by atoms with van der Waals surface area (Å²) in [6, 6.07) is 0.542. The molecule has 0 bridgehead atoms. The Morgan fingerprint density at radius 1 is 1.70 bits per heavy atom. The van der Waals surface area contributed by atoms with Gasteiger partial charge in [-0.3, -0.25) is 4.79 Å². The van der Waals surface area contributed by atoms with Gasteiger partial charge in [0.25, 0.3) is 0 Å². The van der Waals surface area contributed by atoms with Crippen LogP contribution in [-0.2, 0) is 4.79 Å². The highest BCUT2D eigenvalue weighted by molar-refractivity contribution is 5.78. The molecule has 1 amide bonds. The van der Waals surface area contributed by atoms with Crippen LogP contribution in [-0.4, -0.2) is 37.5 Å². The summed E-state index contributed by atoms with van der Waals surface area (Å²) in [6.07, 6.45) is 2.37. The van der Waals surface area contributed by atoms with Crippen LogP contribution < -0.4 is 5.32 Å². The molecule has 1 fully saturated rings. The van der Waals surface area contributed by atoms with E-state index < -0.39 is 0 Å². The normalized spacial score (nSPS) is 17.0. The van der Waals surface area contributed by atoms with E-state index in [1.165, 1.54) is 12.8 Å². The number of carbonyl (C=O) groups excluding carboxylic acids is 1. The maximum atomic E-state index is 11.1. The summed E-state index contributed by atoms with van der Waals surface area (Å²) in [5.41, 5.74) is 0. The first-order valence-corrected chi connectivity index (χ1v) is 3.66. The summed E-state index contributed by atoms with van der Waals surface area (Å²) in [7, 11) is 3.66. The summed E-state index contributed by atoms with van der Waals surface area (Å²) >= 11 is 0. The Bertz CT molecular complexity index is 132. The highest BCUT2D eigenvalue weighted by Crippen LogP contribution is 2.24. The molecule has 0 aromatic carbocycles. The Balaban J connectivity index is 2.24. The molecule has 0 spiro atoms. The molecule has 0 unspecified atom stereocenters. The molecule has 10 heavy (non-hydrogen) atoms. The van der Waals surface area contributed by atoms with E-state index in [4.69, 9.17) is 0 Å². The maximum absolute atomic E-state index is 11.1. The lowest BCUT2D eigenvalue weighted by atomic mass is 10.5. The predicted molar refractivity (Wildman–Crippen MR) is 39.7 cm³/mol. The summed E-state index contributed by atoms with van der Waals surface area (Å²) in [4.78, 5) is 12.9. The van der Waals surface area contributed by atoms with Gasteiger partial charge in [0.05, 0.1) is 6.54 Å². The minimum absolute atomic E-state index is 0.199. The number of rotatable bonds is 3. The first kappa shape index (κ1) is 7.54. The maximum Gasteiger partial charge on any atom is 0.236 e. The molecule has 58 valence electrons. The van der Waals surface area contributed by atoms with Gasteiger partial charge >= 0.3 is 0 Å². The lowest BCUT2D eigenvalue weighted by molar-refractivity contribution is -0.129. The number of hydrogen-bond donors (Lipinski definition) is 1. The van der Waals surface area contributed by atoms with Crippen molar-refractivity contribution in [2.24, 2.45) is 0 Å². The van der Waals surface area contributed by atoms with Gasteiger partial charge in [-0.05, 0) is 19.9 Å². The molecule has 1 aliphatic rings. The predicted octanol–water partition coefficient (Wildman–Crippen LogP) is -0.173. The molecule has 0 heterocycles. The van der Waals surface area contributed by atoms with E-state index in [9.17, 15) is 4.79 Å². The molecule has 0 aromatic rings. The van der Waals surface area contributed by atoms with Gasteiger partial charge in [-0.15, -0.1) is 0 Å². The number of carbonyl (C=O) groups is 1. The lowest BCUT2D eigenvalue weighted by Crippen LogP contribution is -2.35. The van der Waals surface area contributed by atoms with Gasteiger partial charge in [-0.2, -0.15) is 0 Å². The first-order chi connectivity index (χ1) is 4.75. The van der Waals surface area contributed by atoms with Crippen molar-refractivity contribution in [3.8, 4) is 0 Å². The zero-order valence-corrected chi connectivity index (χ0v) is 6.55. The standard InChI is InChI=1S/C7H14N2O/c1-8-5-7(10)9(2)6-3-4-6/h6,8H,3-5H2,1-2H3. The molecular weight excluding hydrogens is 128 g/mol. The zero-order chi connectivity index (χ0) is 7.56. The third-order valence-corrected chi connectivity index (χ3v) is 1.82. The second-order valence-corrected chi connectivity index (χ2v) is 2.77. The van der Waals surface area contributed by atoms with Crippen LogP contribution >= 0.6 is 0 Å². The highest BCUT2D eigenvalue weighted by atomic mass is 16.2. The van der Waals surface area contributed by atoms with Gasteiger partial charge in [0.15, 0.2) is 0 Å². The highest BCUT2D eigenvalue weighted by Gasteiger charge is 2.28. The van der Waals surface area contributed by atoms with Crippen molar-refractivity contribution in [2.45, 2.75) is 18.9 Å². The van der Waals surface area contributed by atoms with Crippen molar-refractivity contribution in [1.29, 1.82) is 0 Å². The SMILES string of the molecule is CNCC(=O)N(C)C1CC1. The average Bonchev–Trinajstić information content (AvgIpc) is 2.68. The van der Waals surface area contributed by atoms with Crippen LogP contribution in [0.1, 0.15) is 12.8 Å². The van der Waals surface area contributed by atoms with E-state index in [1.807, 2.05) is 11.9 Å². The number of amides is 1. The van der Waals surface area contributed by atoms with Crippen molar-refractivity contribution >= 4 is 5.91 Å². The molecule has 1 saturated carbocycles. The van der Waals surface area contributed by atoms with Gasteiger partial charge in [0.1, 0.15) is 0 Å². The van der Waals surface area contributed by atoms with Crippen molar-refractivity contribution in [3.05, 3.63) is 0 Å². The van der Waals surface area contributed by atoms with E-state index in [0.29, 0.717) is 12.6 Å². The van der Waals surface area contributed by atoms with Crippen molar-refractivity contribution in [2.75, 3.05) is 20.6 Å². The van der Waals surface area contributed by atoms with Crippen LogP contribution in [0.5, 0.6) is 0 Å². The summed E-state index contributed by atoms with van der Waals surface area (Å²) in [6.45, 7) is 0.465. The summed E-state index contributed by atoms with van der Waals surface area (Å²) in [5, 5.41) is 2.84. The first-order valence-electron chi connectivity index (χ1n) is 3.66. The number of likely N-dealkylation sites (N-methyl/N-ethyl adjacent to an activating group) is 2. The van der Waals surface area contributed by atoms with Crippen LogP contribution in [0, 0.1) is 0 Å². The smallest absolute Gasteiger partial charge is 0.236 e. The van der Waals surface area contributed by atoms with Crippen molar-refractivity contribution < 1.29 is 4.79 Å². The topological polar surface area (TPSA) is 32.3 Å².